The molecule has 0 saturated heterocycles. The molecule has 1 aromatic carbocycles. The van der Waals surface area contributed by atoms with Crippen LogP contribution in [0.15, 0.2) is 30.0 Å². The first-order valence-corrected chi connectivity index (χ1v) is 6.59. The standard InChI is InChI=1S/C15H13F4NO2/c1-8-5-9(7-10(21)6-8)20-14(22)11-3-2-4-12(13(11)16)15(17,18)19/h2-4,7-8H,5-6H2,1H3,(H,20,22). The Kier molecular flexibility index (Phi) is 4.35. The van der Waals surface area contributed by atoms with Crippen molar-refractivity contribution in [3.63, 3.8) is 0 Å². The van der Waals surface area contributed by atoms with Gasteiger partial charge in [-0.05, 0) is 24.5 Å². The molecule has 0 heterocycles. The van der Waals surface area contributed by atoms with Gasteiger partial charge in [-0.2, -0.15) is 13.2 Å². The summed E-state index contributed by atoms with van der Waals surface area (Å²) in [6.45, 7) is 1.81. The molecule has 1 N–H and O–H groups in total. The first kappa shape index (κ1) is 16.2. The van der Waals surface area contributed by atoms with Crippen molar-refractivity contribution in [1.82, 2.24) is 5.32 Å². The lowest BCUT2D eigenvalue weighted by Gasteiger charge is -2.19. The zero-order valence-corrected chi connectivity index (χ0v) is 11.6. The van der Waals surface area contributed by atoms with Gasteiger partial charge >= 0.3 is 6.18 Å². The van der Waals surface area contributed by atoms with Gasteiger partial charge < -0.3 is 5.32 Å². The number of halogens is 4. The van der Waals surface area contributed by atoms with Crippen LogP contribution in [0.3, 0.4) is 0 Å². The minimum absolute atomic E-state index is 0.0131. The van der Waals surface area contributed by atoms with Crippen molar-refractivity contribution in [3.05, 3.63) is 46.9 Å². The van der Waals surface area contributed by atoms with Crippen molar-refractivity contribution >= 4 is 11.7 Å². The molecular formula is C15H13F4NO2. The van der Waals surface area contributed by atoms with Crippen LogP contribution in [0.2, 0.25) is 0 Å². The molecule has 1 unspecified atom stereocenters. The molecule has 7 heteroatoms. The van der Waals surface area contributed by atoms with E-state index in [0.717, 1.165) is 12.1 Å². The van der Waals surface area contributed by atoms with Gasteiger partial charge in [0.15, 0.2) is 5.78 Å². The van der Waals surface area contributed by atoms with Crippen molar-refractivity contribution in [3.8, 4) is 0 Å². The molecule has 1 aliphatic rings. The summed E-state index contributed by atoms with van der Waals surface area (Å²) < 4.78 is 51.7. The number of alkyl halides is 3. The first-order valence-electron chi connectivity index (χ1n) is 6.59. The van der Waals surface area contributed by atoms with Crippen LogP contribution in [0.25, 0.3) is 0 Å². The quantitative estimate of drug-likeness (QED) is 0.850. The normalized spacial score (nSPS) is 18.9. The highest BCUT2D eigenvalue weighted by Gasteiger charge is 2.35. The fraction of sp³-hybridized carbons (Fsp3) is 0.333. The number of allylic oxidation sites excluding steroid dienone is 2. The van der Waals surface area contributed by atoms with Crippen molar-refractivity contribution < 1.29 is 27.2 Å². The van der Waals surface area contributed by atoms with Crippen molar-refractivity contribution in [2.75, 3.05) is 0 Å². The van der Waals surface area contributed by atoms with E-state index in [-0.39, 0.29) is 17.4 Å². The summed E-state index contributed by atoms with van der Waals surface area (Å²) in [4.78, 5) is 23.4. The Morgan fingerprint density at radius 3 is 2.55 bits per heavy atom. The molecule has 0 fully saturated rings. The van der Waals surface area contributed by atoms with Gasteiger partial charge in [-0.15, -0.1) is 0 Å². The van der Waals surface area contributed by atoms with Gasteiger partial charge in [-0.1, -0.05) is 13.0 Å². The number of hydrogen-bond acceptors (Lipinski definition) is 2. The molecule has 0 aromatic heterocycles. The van der Waals surface area contributed by atoms with Gasteiger partial charge in [0.05, 0.1) is 11.1 Å². The van der Waals surface area contributed by atoms with Crippen LogP contribution in [0, 0.1) is 11.7 Å². The topological polar surface area (TPSA) is 46.2 Å². The molecule has 0 bridgehead atoms. The Morgan fingerprint density at radius 2 is 1.95 bits per heavy atom. The molecule has 1 amide bonds. The Labute approximate surface area is 124 Å². The maximum Gasteiger partial charge on any atom is 0.419 e. The van der Waals surface area contributed by atoms with Gasteiger partial charge in [0.2, 0.25) is 0 Å². The van der Waals surface area contributed by atoms with Gasteiger partial charge in [-0.25, -0.2) is 4.39 Å². The minimum atomic E-state index is -4.88. The number of amides is 1. The second kappa shape index (κ2) is 5.90. The molecule has 3 nitrogen and oxygen atoms in total. The fourth-order valence-electron chi connectivity index (χ4n) is 2.33. The average Bonchev–Trinajstić information content (AvgIpc) is 2.35. The molecule has 1 aliphatic carbocycles. The highest BCUT2D eigenvalue weighted by molar-refractivity contribution is 5.97. The third kappa shape index (κ3) is 3.52. The zero-order valence-electron chi connectivity index (χ0n) is 11.6. The lowest BCUT2D eigenvalue weighted by molar-refractivity contribution is -0.140. The van der Waals surface area contributed by atoms with Crippen LogP contribution in [0.4, 0.5) is 17.6 Å². The summed E-state index contributed by atoms with van der Waals surface area (Å²) >= 11 is 0. The van der Waals surface area contributed by atoms with E-state index in [1.807, 2.05) is 6.92 Å². The average molecular weight is 315 g/mol. The van der Waals surface area contributed by atoms with Gasteiger partial charge in [0, 0.05) is 18.2 Å². The van der Waals surface area contributed by atoms with E-state index >= 15 is 0 Å². The number of nitrogens with one attached hydrogen (secondary N) is 1. The van der Waals surface area contributed by atoms with E-state index in [0.29, 0.717) is 18.9 Å². The lowest BCUT2D eigenvalue weighted by atomic mass is 9.93. The molecule has 118 valence electrons. The summed E-state index contributed by atoms with van der Waals surface area (Å²) in [6, 6.07) is 2.50. The van der Waals surface area contributed by atoms with Crippen LogP contribution in [-0.2, 0) is 11.0 Å². The third-order valence-corrected chi connectivity index (χ3v) is 3.28. The first-order chi connectivity index (χ1) is 10.2. The predicted molar refractivity (Wildman–Crippen MR) is 70.4 cm³/mol. The van der Waals surface area contributed by atoms with Crippen molar-refractivity contribution in [2.24, 2.45) is 5.92 Å². The molecule has 1 atom stereocenters. The van der Waals surface area contributed by atoms with E-state index in [9.17, 15) is 27.2 Å². The predicted octanol–water partition coefficient (Wildman–Crippen LogP) is 3.46. The molecule has 0 spiro atoms. The Hall–Kier alpha value is -2.18. The highest BCUT2D eigenvalue weighted by atomic mass is 19.4. The SMILES string of the molecule is CC1CC(=O)C=C(NC(=O)c2cccc(C(F)(F)F)c2F)C1. The number of rotatable bonds is 2. The molecular weight excluding hydrogens is 302 g/mol. The van der Waals surface area contributed by atoms with E-state index in [2.05, 4.69) is 5.32 Å². The van der Waals surface area contributed by atoms with Gasteiger partial charge in [0.1, 0.15) is 5.82 Å². The second-order valence-electron chi connectivity index (χ2n) is 5.27. The third-order valence-electron chi connectivity index (χ3n) is 3.28. The van der Waals surface area contributed by atoms with E-state index in [1.54, 1.807) is 0 Å². The van der Waals surface area contributed by atoms with Crippen LogP contribution < -0.4 is 5.32 Å². The van der Waals surface area contributed by atoms with Gasteiger partial charge in [-0.3, -0.25) is 9.59 Å². The van der Waals surface area contributed by atoms with E-state index in [4.69, 9.17) is 0 Å². The Morgan fingerprint density at radius 1 is 1.27 bits per heavy atom. The number of carbonyl (C=O) groups excluding carboxylic acids is 2. The largest absolute Gasteiger partial charge is 0.419 e. The number of carbonyl (C=O) groups is 2. The molecule has 1 aromatic rings. The number of ketones is 1. The van der Waals surface area contributed by atoms with E-state index < -0.39 is 29.0 Å². The second-order valence-corrected chi connectivity index (χ2v) is 5.27. The summed E-state index contributed by atoms with van der Waals surface area (Å²) in [5.41, 5.74) is -1.92. The van der Waals surface area contributed by atoms with Crippen molar-refractivity contribution in [2.45, 2.75) is 25.9 Å². The molecule has 2 rings (SSSR count). The Balaban J connectivity index is 2.26. The molecule has 22 heavy (non-hydrogen) atoms. The summed E-state index contributed by atoms with van der Waals surface area (Å²) in [6.07, 6.45) is -2.91. The maximum atomic E-state index is 13.9. The van der Waals surface area contributed by atoms with Crippen LogP contribution in [0.5, 0.6) is 0 Å². The van der Waals surface area contributed by atoms with Crippen LogP contribution in [-0.4, -0.2) is 11.7 Å². The smallest absolute Gasteiger partial charge is 0.325 e. The summed E-state index contributed by atoms with van der Waals surface area (Å²) in [7, 11) is 0. The molecule has 0 aliphatic heterocycles. The molecule has 0 radical (unpaired) electrons. The summed E-state index contributed by atoms with van der Waals surface area (Å²) in [5, 5.41) is 2.31. The number of hydrogen-bond donors (Lipinski definition) is 1. The minimum Gasteiger partial charge on any atom is -0.325 e. The summed E-state index contributed by atoms with van der Waals surface area (Å²) in [5.74, 6) is -2.79. The lowest BCUT2D eigenvalue weighted by Crippen LogP contribution is -2.28. The maximum absolute atomic E-state index is 13.9. The monoisotopic (exact) mass is 315 g/mol. The van der Waals surface area contributed by atoms with Gasteiger partial charge in [0.25, 0.3) is 5.91 Å². The molecule has 0 saturated carbocycles. The van der Waals surface area contributed by atoms with Crippen LogP contribution >= 0.6 is 0 Å². The highest BCUT2D eigenvalue weighted by Crippen LogP contribution is 2.32. The fourth-order valence-corrected chi connectivity index (χ4v) is 2.33. The van der Waals surface area contributed by atoms with Crippen LogP contribution in [0.1, 0.15) is 35.7 Å². The van der Waals surface area contributed by atoms with E-state index in [1.165, 1.54) is 6.08 Å². The van der Waals surface area contributed by atoms with Crippen molar-refractivity contribution in [1.29, 1.82) is 0 Å². The number of benzene rings is 1. The zero-order chi connectivity index (χ0) is 16.5. The Bertz CT molecular complexity index is 649.